The van der Waals surface area contributed by atoms with E-state index >= 15 is 0 Å². The molecule has 1 saturated heterocycles. The molecule has 164 valence electrons. The van der Waals surface area contributed by atoms with E-state index in [0.717, 1.165) is 37.9 Å². The van der Waals surface area contributed by atoms with Gasteiger partial charge in [0, 0.05) is 55.1 Å². The van der Waals surface area contributed by atoms with Crippen LogP contribution in [-0.2, 0) is 0 Å². The second-order valence-corrected chi connectivity index (χ2v) is 8.89. The standard InChI is InChI=1S/C23H32N4OS.HI/c1-18(29-22-10-5-4-6-11-22)15-25-23(24-2)26-16-19-12-13-27(17-19)20-8-7-9-21(14-20)28-3;/h4-11,14,18-19H,12-13,15-17H2,1-3H3,(H2,24,25,26);1H. The van der Waals surface area contributed by atoms with Gasteiger partial charge in [-0.2, -0.15) is 0 Å². The summed E-state index contributed by atoms with van der Waals surface area (Å²) in [6, 6.07) is 18.8. The third-order valence-corrected chi connectivity index (χ3v) is 6.24. The minimum Gasteiger partial charge on any atom is -0.497 e. The topological polar surface area (TPSA) is 48.9 Å². The molecular weight excluding hydrogens is 507 g/mol. The smallest absolute Gasteiger partial charge is 0.191 e. The number of aliphatic imine (C=N–C) groups is 1. The molecule has 2 N–H and O–H groups in total. The van der Waals surface area contributed by atoms with Crippen LogP contribution in [0.25, 0.3) is 0 Å². The number of rotatable bonds is 8. The van der Waals surface area contributed by atoms with E-state index in [1.165, 1.54) is 17.0 Å². The predicted octanol–water partition coefficient (Wildman–Crippen LogP) is 4.49. The van der Waals surface area contributed by atoms with Gasteiger partial charge in [0.2, 0.25) is 0 Å². The second kappa shape index (κ2) is 12.9. The fourth-order valence-corrected chi connectivity index (χ4v) is 4.46. The molecule has 30 heavy (non-hydrogen) atoms. The van der Waals surface area contributed by atoms with Gasteiger partial charge in [-0.15, -0.1) is 35.7 Å². The third kappa shape index (κ3) is 7.58. The highest BCUT2D eigenvalue weighted by Crippen LogP contribution is 2.26. The molecule has 2 aromatic rings. The van der Waals surface area contributed by atoms with E-state index in [2.05, 4.69) is 76.0 Å². The summed E-state index contributed by atoms with van der Waals surface area (Å²) < 4.78 is 5.35. The molecule has 7 heteroatoms. The molecule has 2 unspecified atom stereocenters. The lowest BCUT2D eigenvalue weighted by Gasteiger charge is -2.20. The Morgan fingerprint density at radius 1 is 1.20 bits per heavy atom. The van der Waals surface area contributed by atoms with Gasteiger partial charge in [0.1, 0.15) is 5.75 Å². The molecule has 0 aromatic heterocycles. The first-order valence-corrected chi connectivity index (χ1v) is 11.1. The molecule has 2 aromatic carbocycles. The summed E-state index contributed by atoms with van der Waals surface area (Å²) in [7, 11) is 3.55. The first kappa shape index (κ1) is 24.7. The molecule has 2 atom stereocenters. The maximum atomic E-state index is 5.35. The van der Waals surface area contributed by atoms with Crippen molar-refractivity contribution in [2.24, 2.45) is 10.9 Å². The van der Waals surface area contributed by atoms with Crippen LogP contribution in [0.5, 0.6) is 5.75 Å². The minimum atomic E-state index is 0. The Hall–Kier alpha value is -1.61. The minimum absolute atomic E-state index is 0. The van der Waals surface area contributed by atoms with Crippen LogP contribution in [0.15, 0.2) is 64.5 Å². The van der Waals surface area contributed by atoms with Gasteiger partial charge in [0.15, 0.2) is 5.96 Å². The molecule has 0 spiro atoms. The number of thioether (sulfide) groups is 1. The molecule has 0 bridgehead atoms. The zero-order chi connectivity index (χ0) is 20.5. The SMILES string of the molecule is CN=C(NCC1CCN(c2cccc(OC)c2)C1)NCC(C)Sc1ccccc1.I. The number of halogens is 1. The summed E-state index contributed by atoms with van der Waals surface area (Å²) in [6.07, 6.45) is 1.18. The molecule has 1 aliphatic heterocycles. The lowest BCUT2D eigenvalue weighted by atomic mass is 10.1. The largest absolute Gasteiger partial charge is 0.497 e. The number of methoxy groups -OCH3 is 1. The van der Waals surface area contributed by atoms with Crippen molar-refractivity contribution < 1.29 is 4.74 Å². The summed E-state index contributed by atoms with van der Waals surface area (Å²) in [5.41, 5.74) is 1.24. The van der Waals surface area contributed by atoms with E-state index in [9.17, 15) is 0 Å². The van der Waals surface area contributed by atoms with Crippen molar-refractivity contribution in [3.63, 3.8) is 0 Å². The molecule has 0 aliphatic carbocycles. The first-order chi connectivity index (χ1) is 14.2. The lowest BCUT2D eigenvalue weighted by Crippen LogP contribution is -2.42. The monoisotopic (exact) mass is 540 g/mol. The Balaban J connectivity index is 0.00000320. The first-order valence-electron chi connectivity index (χ1n) is 10.2. The highest BCUT2D eigenvalue weighted by molar-refractivity contribution is 14.0. The number of ether oxygens (including phenoxy) is 1. The summed E-state index contributed by atoms with van der Waals surface area (Å²) in [5.74, 6) is 2.40. The van der Waals surface area contributed by atoms with Crippen molar-refractivity contribution in [2.75, 3.05) is 45.2 Å². The van der Waals surface area contributed by atoms with E-state index in [4.69, 9.17) is 4.74 Å². The van der Waals surface area contributed by atoms with Gasteiger partial charge < -0.3 is 20.3 Å². The van der Waals surface area contributed by atoms with Gasteiger partial charge >= 0.3 is 0 Å². The average molecular weight is 541 g/mol. The van der Waals surface area contributed by atoms with E-state index in [1.54, 1.807) is 7.11 Å². The summed E-state index contributed by atoms with van der Waals surface area (Å²) >= 11 is 1.88. The van der Waals surface area contributed by atoms with Gasteiger partial charge in [-0.25, -0.2) is 0 Å². The third-order valence-electron chi connectivity index (χ3n) is 5.12. The van der Waals surface area contributed by atoms with Crippen LogP contribution in [0.2, 0.25) is 0 Å². The zero-order valence-electron chi connectivity index (χ0n) is 18.0. The van der Waals surface area contributed by atoms with Crippen LogP contribution >= 0.6 is 35.7 Å². The molecule has 0 radical (unpaired) electrons. The Bertz CT molecular complexity index is 790. The van der Waals surface area contributed by atoms with Crippen LogP contribution in [0.1, 0.15) is 13.3 Å². The van der Waals surface area contributed by atoms with Crippen molar-refractivity contribution in [1.82, 2.24) is 10.6 Å². The number of hydrogen-bond acceptors (Lipinski definition) is 4. The molecule has 0 saturated carbocycles. The van der Waals surface area contributed by atoms with Crippen molar-refractivity contribution in [3.05, 3.63) is 54.6 Å². The quantitative estimate of drug-likeness (QED) is 0.224. The van der Waals surface area contributed by atoms with Crippen molar-refractivity contribution in [3.8, 4) is 5.75 Å². The van der Waals surface area contributed by atoms with E-state index in [-0.39, 0.29) is 24.0 Å². The molecule has 5 nitrogen and oxygen atoms in total. The van der Waals surface area contributed by atoms with Crippen LogP contribution in [0, 0.1) is 5.92 Å². The number of guanidine groups is 1. The van der Waals surface area contributed by atoms with Gasteiger partial charge in [0.25, 0.3) is 0 Å². The Labute approximate surface area is 202 Å². The van der Waals surface area contributed by atoms with Gasteiger partial charge in [-0.3, -0.25) is 4.99 Å². The molecule has 1 heterocycles. The van der Waals surface area contributed by atoms with E-state index in [0.29, 0.717) is 11.2 Å². The maximum Gasteiger partial charge on any atom is 0.191 e. The number of anilines is 1. The number of nitrogens with one attached hydrogen (secondary N) is 2. The van der Waals surface area contributed by atoms with Crippen molar-refractivity contribution in [2.45, 2.75) is 23.5 Å². The molecule has 0 amide bonds. The Morgan fingerprint density at radius 2 is 2.00 bits per heavy atom. The fourth-order valence-electron chi connectivity index (χ4n) is 3.52. The molecule has 1 aliphatic rings. The number of hydrogen-bond donors (Lipinski definition) is 2. The van der Waals surface area contributed by atoms with E-state index in [1.807, 2.05) is 24.9 Å². The normalized spacial score (nSPS) is 17.2. The van der Waals surface area contributed by atoms with Crippen LogP contribution in [-0.4, -0.2) is 51.5 Å². The number of nitrogens with zero attached hydrogens (tertiary/aromatic N) is 2. The second-order valence-electron chi connectivity index (χ2n) is 7.38. The predicted molar refractivity (Wildman–Crippen MR) is 140 cm³/mol. The lowest BCUT2D eigenvalue weighted by molar-refractivity contribution is 0.415. The maximum absolute atomic E-state index is 5.35. The van der Waals surface area contributed by atoms with Gasteiger partial charge in [-0.1, -0.05) is 31.2 Å². The summed E-state index contributed by atoms with van der Waals surface area (Å²) in [4.78, 5) is 8.12. The Morgan fingerprint density at radius 3 is 2.73 bits per heavy atom. The van der Waals surface area contributed by atoms with E-state index < -0.39 is 0 Å². The summed E-state index contributed by atoms with van der Waals surface area (Å²) in [6.45, 7) is 6.18. The fraction of sp³-hybridized carbons (Fsp3) is 0.435. The van der Waals surface area contributed by atoms with Crippen LogP contribution in [0.3, 0.4) is 0 Å². The summed E-state index contributed by atoms with van der Waals surface area (Å²) in [5, 5.41) is 7.43. The molecular formula is C23H33IN4OS. The highest BCUT2D eigenvalue weighted by Gasteiger charge is 2.23. The Kier molecular flexibility index (Phi) is 10.6. The highest BCUT2D eigenvalue weighted by atomic mass is 127. The molecule has 1 fully saturated rings. The zero-order valence-corrected chi connectivity index (χ0v) is 21.2. The average Bonchev–Trinajstić information content (AvgIpc) is 3.24. The van der Waals surface area contributed by atoms with Crippen molar-refractivity contribution >= 4 is 47.4 Å². The number of benzene rings is 2. The van der Waals surface area contributed by atoms with Crippen LogP contribution < -0.4 is 20.3 Å². The van der Waals surface area contributed by atoms with Crippen LogP contribution in [0.4, 0.5) is 5.69 Å². The molecule has 3 rings (SSSR count). The van der Waals surface area contributed by atoms with Crippen molar-refractivity contribution in [1.29, 1.82) is 0 Å². The van der Waals surface area contributed by atoms with Gasteiger partial charge in [-0.05, 0) is 36.6 Å². The van der Waals surface area contributed by atoms with Gasteiger partial charge in [0.05, 0.1) is 7.11 Å².